The highest BCUT2D eigenvalue weighted by Crippen LogP contribution is 2.32. The number of carbonyl (C=O) groups is 1. The SMILES string of the molecule is COCCNC(=O)[C@H]1CC[C@@H]2[C@@H](CCN2Cc2nccs2)O1. The van der Waals surface area contributed by atoms with Crippen molar-refractivity contribution in [1.82, 2.24) is 15.2 Å². The van der Waals surface area contributed by atoms with Gasteiger partial charge < -0.3 is 14.8 Å². The fraction of sp³-hybridized carbons (Fsp3) is 0.733. The summed E-state index contributed by atoms with van der Waals surface area (Å²) in [7, 11) is 1.63. The number of nitrogens with one attached hydrogen (secondary N) is 1. The first-order valence-corrected chi connectivity index (χ1v) is 8.70. The second-order valence-corrected chi connectivity index (χ2v) is 6.76. The topological polar surface area (TPSA) is 63.7 Å². The summed E-state index contributed by atoms with van der Waals surface area (Å²) in [6, 6.07) is 0.423. The summed E-state index contributed by atoms with van der Waals surface area (Å²) in [6.07, 6.45) is 4.51. The van der Waals surface area contributed by atoms with Crippen molar-refractivity contribution < 1.29 is 14.3 Å². The van der Waals surface area contributed by atoms with Gasteiger partial charge in [0, 0.05) is 37.8 Å². The van der Waals surface area contributed by atoms with Crippen molar-refractivity contribution in [3.8, 4) is 0 Å². The van der Waals surface area contributed by atoms with Crippen LogP contribution in [0.4, 0.5) is 0 Å². The van der Waals surface area contributed by atoms with Crippen molar-refractivity contribution in [3.05, 3.63) is 16.6 Å². The standard InChI is InChI=1S/C15H23N3O3S/c1-20-8-5-17-15(19)13-3-2-11-12(21-13)4-7-18(11)10-14-16-6-9-22-14/h6,9,11-13H,2-5,7-8,10H2,1H3,(H,17,19)/t11-,12-,13-/m1/s1. The molecule has 3 heterocycles. The summed E-state index contributed by atoms with van der Waals surface area (Å²) in [5, 5.41) is 6.04. The summed E-state index contributed by atoms with van der Waals surface area (Å²) in [5.74, 6) is -0.00567. The fourth-order valence-electron chi connectivity index (χ4n) is 3.30. The van der Waals surface area contributed by atoms with Gasteiger partial charge >= 0.3 is 0 Å². The first-order valence-electron chi connectivity index (χ1n) is 7.82. The third-order valence-corrected chi connectivity index (χ3v) is 5.15. The van der Waals surface area contributed by atoms with Crippen molar-refractivity contribution in [1.29, 1.82) is 0 Å². The van der Waals surface area contributed by atoms with Gasteiger partial charge in [-0.25, -0.2) is 4.98 Å². The van der Waals surface area contributed by atoms with Crippen LogP contribution in [-0.2, 0) is 20.8 Å². The van der Waals surface area contributed by atoms with E-state index in [0.717, 1.165) is 37.4 Å². The van der Waals surface area contributed by atoms with Crippen molar-refractivity contribution in [2.24, 2.45) is 0 Å². The number of hydrogen-bond donors (Lipinski definition) is 1. The van der Waals surface area contributed by atoms with Gasteiger partial charge in [-0.1, -0.05) is 0 Å². The second kappa shape index (κ2) is 7.50. The number of rotatable bonds is 6. The second-order valence-electron chi connectivity index (χ2n) is 5.78. The summed E-state index contributed by atoms with van der Waals surface area (Å²) < 4.78 is 11.0. The monoisotopic (exact) mass is 325 g/mol. The Labute approximate surface area is 134 Å². The van der Waals surface area contributed by atoms with Crippen molar-refractivity contribution >= 4 is 17.2 Å². The van der Waals surface area contributed by atoms with Crippen LogP contribution in [0.15, 0.2) is 11.6 Å². The van der Waals surface area contributed by atoms with Crippen LogP contribution in [0.5, 0.6) is 0 Å². The van der Waals surface area contributed by atoms with Crippen molar-refractivity contribution in [3.63, 3.8) is 0 Å². The Bertz CT molecular complexity index is 482. The van der Waals surface area contributed by atoms with Gasteiger partial charge in [-0.05, 0) is 19.3 Å². The molecule has 1 aromatic heterocycles. The van der Waals surface area contributed by atoms with Crippen LogP contribution in [0.1, 0.15) is 24.3 Å². The maximum absolute atomic E-state index is 12.1. The molecular formula is C15H23N3O3S. The average molecular weight is 325 g/mol. The van der Waals surface area contributed by atoms with Crippen LogP contribution in [0, 0.1) is 0 Å². The molecule has 2 saturated heterocycles. The number of thiazole rings is 1. The molecule has 1 aromatic rings. The van der Waals surface area contributed by atoms with Gasteiger partial charge in [0.15, 0.2) is 0 Å². The Morgan fingerprint density at radius 2 is 2.45 bits per heavy atom. The lowest BCUT2D eigenvalue weighted by Gasteiger charge is -2.35. The molecule has 6 nitrogen and oxygen atoms in total. The van der Waals surface area contributed by atoms with Gasteiger partial charge in [0.2, 0.25) is 5.91 Å². The highest BCUT2D eigenvalue weighted by Gasteiger charge is 2.41. The third-order valence-electron chi connectivity index (χ3n) is 4.38. The van der Waals surface area contributed by atoms with Crippen LogP contribution in [0.3, 0.4) is 0 Å². The number of carbonyl (C=O) groups excluding carboxylic acids is 1. The zero-order valence-corrected chi connectivity index (χ0v) is 13.7. The highest BCUT2D eigenvalue weighted by atomic mass is 32.1. The zero-order valence-electron chi connectivity index (χ0n) is 12.9. The van der Waals surface area contributed by atoms with Crippen molar-refractivity contribution in [2.75, 3.05) is 26.8 Å². The first-order chi connectivity index (χ1) is 10.8. The van der Waals surface area contributed by atoms with Gasteiger partial charge in [-0.3, -0.25) is 9.69 Å². The Hall–Kier alpha value is -1.02. The number of aromatic nitrogens is 1. The van der Waals surface area contributed by atoms with E-state index in [-0.39, 0.29) is 18.1 Å². The lowest BCUT2D eigenvalue weighted by Crippen LogP contribution is -2.48. The molecule has 2 aliphatic rings. The van der Waals surface area contributed by atoms with Gasteiger partial charge in [-0.15, -0.1) is 11.3 Å². The van der Waals surface area contributed by atoms with E-state index in [4.69, 9.17) is 9.47 Å². The zero-order chi connectivity index (χ0) is 15.4. The first kappa shape index (κ1) is 15.9. The molecule has 0 spiro atoms. The van der Waals surface area contributed by atoms with Crippen molar-refractivity contribution in [2.45, 2.75) is 44.1 Å². The molecule has 3 rings (SSSR count). The molecule has 7 heteroatoms. The van der Waals surface area contributed by atoms with Crippen LogP contribution in [0.25, 0.3) is 0 Å². The predicted molar refractivity (Wildman–Crippen MR) is 83.7 cm³/mol. The number of fused-ring (bicyclic) bond motifs is 1. The predicted octanol–water partition coefficient (Wildman–Crippen LogP) is 1.03. The molecule has 0 radical (unpaired) electrons. The molecule has 22 heavy (non-hydrogen) atoms. The van der Waals surface area contributed by atoms with Crippen LogP contribution >= 0.6 is 11.3 Å². The van der Waals surface area contributed by atoms with E-state index in [2.05, 4.69) is 15.2 Å². The Morgan fingerprint density at radius 3 is 3.23 bits per heavy atom. The summed E-state index contributed by atoms with van der Waals surface area (Å²) in [4.78, 5) is 18.9. The van der Waals surface area contributed by atoms with Crippen LogP contribution in [-0.4, -0.2) is 60.8 Å². The lowest BCUT2D eigenvalue weighted by molar-refractivity contribution is -0.144. The minimum absolute atomic E-state index is 0.00567. The smallest absolute Gasteiger partial charge is 0.249 e. The molecule has 2 aliphatic heterocycles. The largest absolute Gasteiger partial charge is 0.383 e. The molecule has 2 fully saturated rings. The number of nitrogens with zero attached hydrogens (tertiary/aromatic N) is 2. The van der Waals surface area contributed by atoms with E-state index in [0.29, 0.717) is 19.2 Å². The Morgan fingerprint density at radius 1 is 1.55 bits per heavy atom. The summed E-state index contributed by atoms with van der Waals surface area (Å²) in [6.45, 7) is 2.99. The van der Waals surface area contributed by atoms with Crippen LogP contribution < -0.4 is 5.32 Å². The maximum atomic E-state index is 12.1. The Balaban J connectivity index is 1.49. The molecule has 0 bridgehead atoms. The number of methoxy groups -OCH3 is 1. The van der Waals surface area contributed by atoms with Gasteiger partial charge in [-0.2, -0.15) is 0 Å². The summed E-state index contributed by atoms with van der Waals surface area (Å²) in [5.41, 5.74) is 0. The highest BCUT2D eigenvalue weighted by molar-refractivity contribution is 7.09. The van der Waals surface area contributed by atoms with E-state index in [1.54, 1.807) is 18.4 Å². The molecule has 1 N–H and O–H groups in total. The lowest BCUT2D eigenvalue weighted by atomic mass is 9.98. The van der Waals surface area contributed by atoms with E-state index < -0.39 is 0 Å². The molecular weight excluding hydrogens is 302 g/mol. The van der Waals surface area contributed by atoms with Gasteiger partial charge in [0.25, 0.3) is 0 Å². The van der Waals surface area contributed by atoms with Gasteiger partial charge in [0.05, 0.1) is 19.3 Å². The number of amides is 1. The third kappa shape index (κ3) is 3.65. The molecule has 0 unspecified atom stereocenters. The number of likely N-dealkylation sites (tertiary alicyclic amines) is 1. The molecule has 0 aromatic carbocycles. The van der Waals surface area contributed by atoms with Gasteiger partial charge in [0.1, 0.15) is 11.1 Å². The molecule has 3 atom stereocenters. The van der Waals surface area contributed by atoms with E-state index in [1.165, 1.54) is 0 Å². The Kier molecular flexibility index (Phi) is 5.41. The number of hydrogen-bond acceptors (Lipinski definition) is 6. The average Bonchev–Trinajstić information content (AvgIpc) is 3.18. The molecule has 0 saturated carbocycles. The van der Waals surface area contributed by atoms with E-state index >= 15 is 0 Å². The molecule has 0 aliphatic carbocycles. The van der Waals surface area contributed by atoms with Crippen LogP contribution in [0.2, 0.25) is 0 Å². The minimum Gasteiger partial charge on any atom is -0.383 e. The minimum atomic E-state index is -0.307. The normalized spacial score (nSPS) is 28.5. The molecule has 122 valence electrons. The maximum Gasteiger partial charge on any atom is 0.249 e. The molecule has 1 amide bonds. The summed E-state index contributed by atoms with van der Waals surface area (Å²) >= 11 is 1.70. The van der Waals surface area contributed by atoms with E-state index in [9.17, 15) is 4.79 Å². The van der Waals surface area contributed by atoms with E-state index in [1.807, 2.05) is 11.6 Å². The quantitative estimate of drug-likeness (QED) is 0.792. The fourth-order valence-corrected chi connectivity index (χ4v) is 3.94. The number of ether oxygens (including phenoxy) is 2.